The van der Waals surface area contributed by atoms with Crippen LogP contribution in [0.3, 0.4) is 0 Å². The first-order chi connectivity index (χ1) is 32.4. The molecule has 2 aromatic rings. The van der Waals surface area contributed by atoms with Gasteiger partial charge in [0.2, 0.25) is 5.91 Å². The monoisotopic (exact) mass is 952 g/mol. The molecule has 0 unspecified atom stereocenters. The van der Waals surface area contributed by atoms with Crippen LogP contribution in [0.4, 0.5) is 23.7 Å². The van der Waals surface area contributed by atoms with Gasteiger partial charge in [-0.1, -0.05) is 31.1 Å². The van der Waals surface area contributed by atoms with Crippen LogP contribution in [0.2, 0.25) is 0 Å². The summed E-state index contributed by atoms with van der Waals surface area (Å²) >= 11 is 0. The average Bonchev–Trinajstić information content (AvgIpc) is 3.75. The van der Waals surface area contributed by atoms with E-state index in [1.807, 2.05) is 29.2 Å². The number of amides is 2. The molecule has 1 saturated carbocycles. The van der Waals surface area contributed by atoms with Gasteiger partial charge in [0.05, 0.1) is 12.0 Å². The molecule has 368 valence electrons. The lowest BCUT2D eigenvalue weighted by molar-refractivity contribution is -0.129. The van der Waals surface area contributed by atoms with E-state index in [2.05, 4.69) is 31.0 Å². The molecule has 7 aliphatic rings. The van der Waals surface area contributed by atoms with Crippen LogP contribution in [0.15, 0.2) is 59.5 Å². The third-order valence-corrected chi connectivity index (χ3v) is 18.7. The minimum Gasteiger partial charge on any atom is -0.453 e. The Labute approximate surface area is 396 Å². The number of nitrogens with one attached hydrogen (secondary N) is 1. The van der Waals surface area contributed by atoms with Crippen LogP contribution >= 0.6 is 0 Å². The van der Waals surface area contributed by atoms with Gasteiger partial charge in [-0.15, -0.1) is 0 Å². The van der Waals surface area contributed by atoms with Crippen molar-refractivity contribution >= 4 is 27.5 Å². The number of halogens is 3. The van der Waals surface area contributed by atoms with Crippen LogP contribution in [-0.2, 0) is 31.3 Å². The number of anilines is 1. The van der Waals surface area contributed by atoms with Gasteiger partial charge < -0.3 is 29.7 Å². The highest BCUT2D eigenvalue weighted by atomic mass is 32.2. The normalized spacial score (nSPS) is 26.0. The Kier molecular flexibility index (Phi) is 15.2. The maximum atomic E-state index is 15.3. The van der Waals surface area contributed by atoms with Crippen molar-refractivity contribution in [1.29, 1.82) is 0 Å². The molecule has 7 fully saturated rings. The van der Waals surface area contributed by atoms with Gasteiger partial charge in [-0.2, -0.15) is 0 Å². The molecule has 67 heavy (non-hydrogen) atoms. The van der Waals surface area contributed by atoms with E-state index in [4.69, 9.17) is 4.74 Å². The predicted molar refractivity (Wildman–Crippen MR) is 254 cm³/mol. The van der Waals surface area contributed by atoms with Gasteiger partial charge in [0.1, 0.15) is 23.4 Å². The topological polar surface area (TPSA) is 109 Å². The Balaban J connectivity index is 0.841. The lowest BCUT2D eigenvalue weighted by Crippen LogP contribution is -2.59. The van der Waals surface area contributed by atoms with Crippen molar-refractivity contribution < 1.29 is 35.9 Å². The zero-order chi connectivity index (χ0) is 46.7. The Hall–Kier alpha value is -3.70. The number of hydrogen-bond acceptors (Lipinski definition) is 10. The van der Waals surface area contributed by atoms with Crippen LogP contribution < -0.4 is 10.2 Å². The average molecular weight is 952 g/mol. The molecule has 1 aliphatic carbocycles. The number of alkyl halides is 2. The van der Waals surface area contributed by atoms with Crippen molar-refractivity contribution in [3.05, 3.63) is 71.6 Å². The van der Waals surface area contributed by atoms with E-state index < -0.39 is 38.9 Å². The molecule has 0 aromatic heterocycles. The molecule has 9 rings (SSSR count). The SMILES string of the molecule is COC(=O)N[C@H]1CCC[C@@H]1[C@](CN1CCC(F)CC1)(c1cccc(F)c1)C1CCN(CC2CN(c3ccc(S(=O)(=O)C4CN(C(=O)/C=C/CN5CCCCC5)C4)c(CN4CC(F)C4)c3)C2)CC1. The van der Waals surface area contributed by atoms with Crippen molar-refractivity contribution in [1.82, 2.24) is 29.8 Å². The molecule has 6 heterocycles. The molecular weight excluding hydrogens is 880 g/mol. The Morgan fingerprint density at radius 3 is 2.22 bits per heavy atom. The fourth-order valence-electron chi connectivity index (χ4n) is 12.7. The highest BCUT2D eigenvalue weighted by molar-refractivity contribution is 7.92. The van der Waals surface area contributed by atoms with Gasteiger partial charge in [-0.05, 0) is 131 Å². The molecular formula is C51H72F3N7O5S. The molecule has 2 amide bonds. The Bertz CT molecular complexity index is 2160. The van der Waals surface area contributed by atoms with E-state index >= 15 is 4.39 Å². The molecule has 2 aromatic carbocycles. The van der Waals surface area contributed by atoms with E-state index in [9.17, 15) is 26.8 Å². The van der Waals surface area contributed by atoms with Gasteiger partial charge in [-0.3, -0.25) is 14.6 Å². The summed E-state index contributed by atoms with van der Waals surface area (Å²) in [5.74, 6) is 0.290. The minimum atomic E-state index is -3.73. The highest BCUT2D eigenvalue weighted by Gasteiger charge is 2.53. The molecule has 1 N–H and O–H groups in total. The van der Waals surface area contributed by atoms with Gasteiger partial charge in [-0.25, -0.2) is 26.4 Å². The number of ether oxygens (including phenoxy) is 1. The number of nitrogens with zero attached hydrogens (tertiary/aromatic N) is 6. The van der Waals surface area contributed by atoms with E-state index in [0.29, 0.717) is 50.5 Å². The van der Waals surface area contributed by atoms with Crippen molar-refractivity contribution in [2.45, 2.75) is 105 Å². The summed E-state index contributed by atoms with van der Waals surface area (Å²) in [6.07, 6.45) is 10.4. The fourth-order valence-corrected chi connectivity index (χ4v) is 14.6. The first kappa shape index (κ1) is 48.3. The number of carbonyl (C=O) groups is 2. The number of piperidine rings is 3. The number of alkyl carbamates (subject to hydrolysis) is 1. The summed E-state index contributed by atoms with van der Waals surface area (Å²) in [5.41, 5.74) is 2.17. The summed E-state index contributed by atoms with van der Waals surface area (Å²) in [5, 5.41) is 2.49. The zero-order valence-electron chi connectivity index (χ0n) is 39.4. The standard InChI is InChI=1S/C51H72F3N7O5S/c1-66-50(63)55-47-11-6-10-46(47)51(40-8-5-9-42(53)27-40,36-58-24-17-41(52)18-25-58)39-15-22-57(23-16-39)28-37-29-60(30-37)44-13-14-48(38(26-44)31-59-32-43(54)33-59)67(64,65)45-34-61(35-45)49(62)12-7-21-56-19-3-2-4-20-56/h5,7-9,12-14,26-27,37,39,41,43,45-47H,2-4,6,10-11,15-25,28-36H2,1H3,(H,55,63)/b12-7+/t46-,47-,51-/m0/s1. The van der Waals surface area contributed by atoms with Crippen LogP contribution in [0.5, 0.6) is 0 Å². The lowest BCUT2D eigenvalue weighted by Gasteiger charge is -2.53. The van der Waals surface area contributed by atoms with Crippen LogP contribution in [0, 0.1) is 23.6 Å². The molecule has 16 heteroatoms. The number of likely N-dealkylation sites (tertiary alicyclic amines) is 5. The molecule has 0 bridgehead atoms. The molecule has 6 aliphatic heterocycles. The zero-order valence-corrected chi connectivity index (χ0v) is 40.2. The molecule has 0 radical (unpaired) electrons. The number of carbonyl (C=O) groups excluding carboxylic acids is 2. The summed E-state index contributed by atoms with van der Waals surface area (Å²) < 4.78 is 77.0. The number of methoxy groups -OCH3 is 1. The minimum absolute atomic E-state index is 0.0631. The summed E-state index contributed by atoms with van der Waals surface area (Å²) in [6, 6.07) is 12.6. The summed E-state index contributed by atoms with van der Waals surface area (Å²) in [7, 11) is -2.35. The van der Waals surface area contributed by atoms with E-state index in [0.717, 1.165) is 95.7 Å². The Morgan fingerprint density at radius 1 is 0.791 bits per heavy atom. The number of rotatable bonds is 16. The van der Waals surface area contributed by atoms with Crippen LogP contribution in [-0.4, -0.2) is 174 Å². The molecule has 0 spiro atoms. The maximum Gasteiger partial charge on any atom is 0.407 e. The summed E-state index contributed by atoms with van der Waals surface area (Å²) in [4.78, 5) is 39.0. The largest absolute Gasteiger partial charge is 0.453 e. The fraction of sp³-hybridized carbons (Fsp3) is 0.686. The Morgan fingerprint density at radius 2 is 1.52 bits per heavy atom. The second-order valence-corrected chi connectivity index (χ2v) is 23.1. The van der Waals surface area contributed by atoms with Crippen molar-refractivity contribution in [2.24, 2.45) is 17.8 Å². The third kappa shape index (κ3) is 10.9. The predicted octanol–water partition coefficient (Wildman–Crippen LogP) is 6.05. The molecule has 3 atom stereocenters. The third-order valence-electron chi connectivity index (χ3n) is 16.5. The number of benzene rings is 2. The van der Waals surface area contributed by atoms with Gasteiger partial charge in [0.15, 0.2) is 9.84 Å². The number of sulfone groups is 1. The van der Waals surface area contributed by atoms with Crippen LogP contribution in [0.25, 0.3) is 0 Å². The quantitative estimate of drug-likeness (QED) is 0.200. The van der Waals surface area contributed by atoms with E-state index in [1.54, 1.807) is 23.1 Å². The van der Waals surface area contributed by atoms with Crippen LogP contribution in [0.1, 0.15) is 75.3 Å². The molecule has 6 saturated heterocycles. The van der Waals surface area contributed by atoms with E-state index in [-0.39, 0.29) is 60.7 Å². The van der Waals surface area contributed by atoms with Gasteiger partial charge in [0, 0.05) is 108 Å². The first-order valence-corrected chi connectivity index (χ1v) is 26.8. The maximum absolute atomic E-state index is 15.3. The second-order valence-electron chi connectivity index (χ2n) is 20.9. The number of hydrogen-bond donors (Lipinski definition) is 1. The van der Waals surface area contributed by atoms with Crippen molar-refractivity contribution in [3.63, 3.8) is 0 Å². The van der Waals surface area contributed by atoms with Crippen molar-refractivity contribution in [2.75, 3.05) is 110 Å². The van der Waals surface area contributed by atoms with Gasteiger partial charge >= 0.3 is 6.09 Å². The molecule has 12 nitrogen and oxygen atoms in total. The smallest absolute Gasteiger partial charge is 0.407 e. The summed E-state index contributed by atoms with van der Waals surface area (Å²) in [6.45, 7) is 10.5. The highest BCUT2D eigenvalue weighted by Crippen LogP contribution is 2.51. The van der Waals surface area contributed by atoms with Gasteiger partial charge in [0.25, 0.3) is 0 Å². The van der Waals surface area contributed by atoms with Crippen molar-refractivity contribution in [3.8, 4) is 0 Å². The first-order valence-electron chi connectivity index (χ1n) is 25.2. The lowest BCUT2D eigenvalue weighted by atomic mass is 9.58. The van der Waals surface area contributed by atoms with E-state index in [1.165, 1.54) is 32.4 Å². The second kappa shape index (κ2) is 21.1.